The highest BCUT2D eigenvalue weighted by molar-refractivity contribution is 6.30. The van der Waals surface area contributed by atoms with Gasteiger partial charge in [-0.2, -0.15) is 0 Å². The maximum Gasteiger partial charge on any atom is 0.0465 e. The van der Waals surface area contributed by atoms with Crippen LogP contribution in [0.4, 0.5) is 0 Å². The summed E-state index contributed by atoms with van der Waals surface area (Å²) in [7, 11) is 0. The number of hydrogen-bond acceptors (Lipinski definition) is 1. The molecule has 2 heteroatoms. The average Bonchev–Trinajstić information content (AvgIpc) is 2.32. The fourth-order valence-electron chi connectivity index (χ4n) is 2.26. The number of aliphatic hydroxyl groups excluding tert-OH is 1. The Kier molecular flexibility index (Phi) is 5.86. The van der Waals surface area contributed by atoms with Gasteiger partial charge in [-0.3, -0.25) is 0 Å². The van der Waals surface area contributed by atoms with Crippen LogP contribution in [-0.4, -0.2) is 11.7 Å². The maximum atomic E-state index is 9.45. The SMILES string of the molecule is CCC(CC)C(CO)Cc1ccc(Cl)cc1. The highest BCUT2D eigenvalue weighted by Gasteiger charge is 2.17. The summed E-state index contributed by atoms with van der Waals surface area (Å²) in [4.78, 5) is 0. The minimum Gasteiger partial charge on any atom is -0.396 e. The lowest BCUT2D eigenvalue weighted by Crippen LogP contribution is -2.20. The zero-order chi connectivity index (χ0) is 12.0. The minimum absolute atomic E-state index is 0.273. The van der Waals surface area contributed by atoms with Crippen LogP contribution in [0, 0.1) is 11.8 Å². The molecule has 0 aliphatic rings. The fraction of sp³-hybridized carbons (Fsp3) is 0.571. The maximum absolute atomic E-state index is 9.45. The van der Waals surface area contributed by atoms with Gasteiger partial charge < -0.3 is 5.11 Å². The lowest BCUT2D eigenvalue weighted by Gasteiger charge is -2.23. The van der Waals surface area contributed by atoms with Gasteiger partial charge in [-0.1, -0.05) is 50.4 Å². The first-order chi connectivity index (χ1) is 7.71. The van der Waals surface area contributed by atoms with E-state index < -0.39 is 0 Å². The zero-order valence-corrected chi connectivity index (χ0v) is 10.9. The molecule has 1 rings (SSSR count). The average molecular weight is 241 g/mol. The molecule has 1 N–H and O–H groups in total. The van der Waals surface area contributed by atoms with Gasteiger partial charge in [0.2, 0.25) is 0 Å². The molecule has 0 bridgehead atoms. The minimum atomic E-state index is 0.273. The van der Waals surface area contributed by atoms with Gasteiger partial charge in [0.15, 0.2) is 0 Å². The van der Waals surface area contributed by atoms with E-state index in [1.165, 1.54) is 5.56 Å². The Morgan fingerprint density at radius 3 is 2.06 bits per heavy atom. The molecule has 1 unspecified atom stereocenters. The summed E-state index contributed by atoms with van der Waals surface area (Å²) in [6, 6.07) is 7.93. The molecule has 0 aliphatic heterocycles. The summed E-state index contributed by atoms with van der Waals surface area (Å²) in [5, 5.41) is 10.2. The highest BCUT2D eigenvalue weighted by Crippen LogP contribution is 2.23. The van der Waals surface area contributed by atoms with Crippen molar-refractivity contribution in [2.75, 3.05) is 6.61 Å². The molecule has 1 atom stereocenters. The molecule has 90 valence electrons. The standard InChI is InChI=1S/C14H21ClO/c1-3-12(4-2)13(10-16)9-11-5-7-14(15)8-6-11/h5-8,12-13,16H,3-4,9-10H2,1-2H3. The molecule has 1 aromatic carbocycles. The Morgan fingerprint density at radius 2 is 1.62 bits per heavy atom. The Morgan fingerprint density at radius 1 is 1.06 bits per heavy atom. The summed E-state index contributed by atoms with van der Waals surface area (Å²) >= 11 is 5.85. The van der Waals surface area contributed by atoms with Crippen molar-refractivity contribution in [3.8, 4) is 0 Å². The first kappa shape index (κ1) is 13.5. The Bertz CT molecular complexity index is 290. The van der Waals surface area contributed by atoms with E-state index in [0.29, 0.717) is 11.8 Å². The van der Waals surface area contributed by atoms with Crippen molar-refractivity contribution < 1.29 is 5.11 Å². The molecule has 16 heavy (non-hydrogen) atoms. The normalized spacial score (nSPS) is 13.1. The lowest BCUT2D eigenvalue weighted by molar-refractivity contribution is 0.167. The van der Waals surface area contributed by atoms with Crippen molar-refractivity contribution in [1.29, 1.82) is 0 Å². The van der Waals surface area contributed by atoms with E-state index in [2.05, 4.69) is 13.8 Å². The van der Waals surface area contributed by atoms with Crippen LogP contribution in [-0.2, 0) is 6.42 Å². The largest absolute Gasteiger partial charge is 0.396 e. The zero-order valence-electron chi connectivity index (χ0n) is 10.1. The smallest absolute Gasteiger partial charge is 0.0465 e. The number of aliphatic hydroxyl groups is 1. The van der Waals surface area contributed by atoms with Crippen molar-refractivity contribution in [2.45, 2.75) is 33.1 Å². The van der Waals surface area contributed by atoms with Gasteiger partial charge in [0, 0.05) is 11.6 Å². The Balaban J connectivity index is 2.65. The third-order valence-electron chi connectivity index (χ3n) is 3.36. The Hall–Kier alpha value is -0.530. The third kappa shape index (κ3) is 3.80. The van der Waals surface area contributed by atoms with Crippen molar-refractivity contribution in [1.82, 2.24) is 0 Å². The first-order valence-corrected chi connectivity index (χ1v) is 6.44. The summed E-state index contributed by atoms with van der Waals surface area (Å²) in [5.74, 6) is 0.983. The van der Waals surface area contributed by atoms with E-state index in [1.54, 1.807) is 0 Å². The van der Waals surface area contributed by atoms with Crippen molar-refractivity contribution in [3.63, 3.8) is 0 Å². The molecule has 0 aliphatic carbocycles. The predicted molar refractivity (Wildman–Crippen MR) is 69.8 cm³/mol. The second-order valence-corrected chi connectivity index (χ2v) is 4.79. The molecule has 0 fully saturated rings. The molecule has 0 spiro atoms. The van der Waals surface area contributed by atoms with Crippen molar-refractivity contribution in [3.05, 3.63) is 34.9 Å². The molecule has 0 radical (unpaired) electrons. The second kappa shape index (κ2) is 6.93. The van der Waals surface area contributed by atoms with E-state index in [1.807, 2.05) is 24.3 Å². The van der Waals surface area contributed by atoms with Crippen LogP contribution in [0.2, 0.25) is 5.02 Å². The van der Waals surface area contributed by atoms with Crippen LogP contribution < -0.4 is 0 Å². The van der Waals surface area contributed by atoms with Crippen molar-refractivity contribution >= 4 is 11.6 Å². The highest BCUT2D eigenvalue weighted by atomic mass is 35.5. The number of rotatable bonds is 6. The van der Waals surface area contributed by atoms with Gasteiger partial charge in [0.05, 0.1) is 0 Å². The lowest BCUT2D eigenvalue weighted by atomic mass is 9.84. The van der Waals surface area contributed by atoms with Crippen LogP contribution in [0.5, 0.6) is 0 Å². The second-order valence-electron chi connectivity index (χ2n) is 4.35. The van der Waals surface area contributed by atoms with E-state index in [9.17, 15) is 5.11 Å². The fourth-order valence-corrected chi connectivity index (χ4v) is 2.38. The monoisotopic (exact) mass is 240 g/mol. The van der Waals surface area contributed by atoms with Crippen LogP contribution in [0.15, 0.2) is 24.3 Å². The Labute approximate surface area is 103 Å². The third-order valence-corrected chi connectivity index (χ3v) is 3.61. The van der Waals surface area contributed by atoms with Gasteiger partial charge in [-0.15, -0.1) is 0 Å². The quantitative estimate of drug-likeness (QED) is 0.799. The molecule has 0 heterocycles. The molecular weight excluding hydrogens is 220 g/mol. The molecule has 0 saturated heterocycles. The van der Waals surface area contributed by atoms with E-state index in [4.69, 9.17) is 11.6 Å². The van der Waals surface area contributed by atoms with Gasteiger partial charge in [-0.05, 0) is 36.0 Å². The van der Waals surface area contributed by atoms with Crippen molar-refractivity contribution in [2.24, 2.45) is 11.8 Å². The van der Waals surface area contributed by atoms with Gasteiger partial charge in [0.1, 0.15) is 0 Å². The van der Waals surface area contributed by atoms with Gasteiger partial charge in [0.25, 0.3) is 0 Å². The van der Waals surface area contributed by atoms with E-state index in [-0.39, 0.29) is 6.61 Å². The number of halogens is 1. The molecule has 1 aromatic rings. The predicted octanol–water partition coefficient (Wildman–Crippen LogP) is 3.93. The van der Waals surface area contributed by atoms with Crippen LogP contribution in [0.3, 0.4) is 0 Å². The summed E-state index contributed by atoms with van der Waals surface area (Å²) in [5.41, 5.74) is 1.26. The summed E-state index contributed by atoms with van der Waals surface area (Å²) in [6.07, 6.45) is 3.21. The first-order valence-electron chi connectivity index (χ1n) is 6.06. The molecule has 0 amide bonds. The number of hydrogen-bond donors (Lipinski definition) is 1. The molecule has 0 saturated carbocycles. The molecule has 0 aromatic heterocycles. The van der Waals surface area contributed by atoms with Crippen LogP contribution in [0.1, 0.15) is 32.3 Å². The number of benzene rings is 1. The molecular formula is C14H21ClO. The van der Waals surface area contributed by atoms with E-state index in [0.717, 1.165) is 24.3 Å². The summed E-state index contributed by atoms with van der Waals surface area (Å²) in [6.45, 7) is 4.66. The summed E-state index contributed by atoms with van der Waals surface area (Å²) < 4.78 is 0. The van der Waals surface area contributed by atoms with Crippen LogP contribution in [0.25, 0.3) is 0 Å². The topological polar surface area (TPSA) is 20.2 Å². The van der Waals surface area contributed by atoms with Crippen LogP contribution >= 0.6 is 11.6 Å². The molecule has 1 nitrogen and oxygen atoms in total. The van der Waals surface area contributed by atoms with Gasteiger partial charge >= 0.3 is 0 Å². The van der Waals surface area contributed by atoms with Gasteiger partial charge in [-0.25, -0.2) is 0 Å². The van der Waals surface area contributed by atoms with E-state index >= 15 is 0 Å².